The van der Waals surface area contributed by atoms with Crippen molar-refractivity contribution >= 4 is 11.6 Å². The third kappa shape index (κ3) is 3.60. The van der Waals surface area contributed by atoms with Crippen molar-refractivity contribution in [3.8, 4) is 0 Å². The topological polar surface area (TPSA) is 57.2 Å². The van der Waals surface area contributed by atoms with E-state index in [1.165, 1.54) is 12.8 Å². The van der Waals surface area contributed by atoms with E-state index in [1.807, 2.05) is 18.2 Å². The van der Waals surface area contributed by atoms with E-state index in [0.717, 1.165) is 31.0 Å². The summed E-state index contributed by atoms with van der Waals surface area (Å²) in [7, 11) is 0. The average Bonchev–Trinajstić information content (AvgIpc) is 2.40. The Morgan fingerprint density at radius 3 is 2.94 bits per heavy atom. The first-order valence-corrected chi connectivity index (χ1v) is 6.90. The molecule has 18 heavy (non-hydrogen) atoms. The Morgan fingerprint density at radius 2 is 2.17 bits per heavy atom. The molecule has 0 amide bonds. The number of hydrogen-bond donors (Lipinski definition) is 3. The van der Waals surface area contributed by atoms with Crippen molar-refractivity contribution in [3.63, 3.8) is 0 Å². The molecule has 100 valence electrons. The second-order valence-corrected chi connectivity index (χ2v) is 4.99. The second kappa shape index (κ2) is 6.59. The van der Waals surface area contributed by atoms with Crippen LogP contribution >= 0.6 is 0 Å². The van der Waals surface area contributed by atoms with E-state index in [0.29, 0.717) is 18.6 Å². The normalized spacial score (nSPS) is 23.7. The number of hydrogen-bond acceptors (Lipinski definition) is 4. The van der Waals surface area contributed by atoms with E-state index in [4.69, 9.17) is 0 Å². The first kappa shape index (κ1) is 13.1. The highest BCUT2D eigenvalue weighted by atomic mass is 16.3. The molecule has 2 rings (SSSR count). The Bertz CT molecular complexity index is 370. The lowest BCUT2D eigenvalue weighted by Crippen LogP contribution is -2.29. The molecule has 0 aliphatic heterocycles. The molecule has 4 nitrogen and oxygen atoms in total. The van der Waals surface area contributed by atoms with Gasteiger partial charge in [0.25, 0.3) is 0 Å². The van der Waals surface area contributed by atoms with Crippen LogP contribution in [0.1, 0.15) is 32.6 Å². The van der Waals surface area contributed by atoms with Crippen LogP contribution in [-0.2, 0) is 0 Å². The maximum atomic E-state index is 9.24. The van der Waals surface area contributed by atoms with Gasteiger partial charge in [0.2, 0.25) is 0 Å². The molecule has 2 atom stereocenters. The second-order valence-electron chi connectivity index (χ2n) is 4.99. The lowest BCUT2D eigenvalue weighted by molar-refractivity contribution is 0.184. The quantitative estimate of drug-likeness (QED) is 0.750. The summed E-state index contributed by atoms with van der Waals surface area (Å²) in [5.41, 5.74) is 0. The van der Waals surface area contributed by atoms with E-state index in [9.17, 15) is 5.11 Å². The third-order valence-electron chi connectivity index (χ3n) is 3.50. The molecule has 0 bridgehead atoms. The molecular weight excluding hydrogens is 226 g/mol. The van der Waals surface area contributed by atoms with Gasteiger partial charge in [0, 0.05) is 19.2 Å². The van der Waals surface area contributed by atoms with Gasteiger partial charge in [0.1, 0.15) is 11.6 Å². The Hall–Kier alpha value is -1.29. The number of nitrogens with one attached hydrogen (secondary N) is 2. The maximum Gasteiger partial charge on any atom is 0.128 e. The maximum absolute atomic E-state index is 9.24. The van der Waals surface area contributed by atoms with Crippen molar-refractivity contribution in [1.82, 2.24) is 4.98 Å². The summed E-state index contributed by atoms with van der Waals surface area (Å²) in [5.74, 6) is 2.29. The summed E-state index contributed by atoms with van der Waals surface area (Å²) >= 11 is 0. The predicted molar refractivity (Wildman–Crippen MR) is 74.9 cm³/mol. The molecule has 1 fully saturated rings. The van der Waals surface area contributed by atoms with Crippen molar-refractivity contribution in [2.24, 2.45) is 5.92 Å². The summed E-state index contributed by atoms with van der Waals surface area (Å²) in [6.45, 7) is 3.25. The van der Waals surface area contributed by atoms with Crippen molar-refractivity contribution in [2.45, 2.75) is 38.6 Å². The number of aliphatic hydroxyl groups is 1. The lowest BCUT2D eigenvalue weighted by atomic mass is 9.86. The van der Waals surface area contributed by atoms with E-state index in [1.54, 1.807) is 0 Å². The molecule has 3 N–H and O–H groups in total. The molecule has 4 heteroatoms. The van der Waals surface area contributed by atoms with Gasteiger partial charge in [-0.1, -0.05) is 12.5 Å². The molecule has 1 aliphatic rings. The van der Waals surface area contributed by atoms with Crippen LogP contribution in [0.5, 0.6) is 0 Å². The van der Waals surface area contributed by atoms with Gasteiger partial charge in [-0.2, -0.15) is 0 Å². The molecule has 0 saturated heterocycles. The number of rotatable bonds is 5. The van der Waals surface area contributed by atoms with E-state index >= 15 is 0 Å². The summed E-state index contributed by atoms with van der Waals surface area (Å²) in [6, 6.07) is 6.44. The Morgan fingerprint density at radius 1 is 1.33 bits per heavy atom. The predicted octanol–water partition coefficient (Wildman–Crippen LogP) is 2.48. The Balaban J connectivity index is 1.93. The largest absolute Gasteiger partial charge is 0.396 e. The summed E-state index contributed by atoms with van der Waals surface area (Å²) in [4.78, 5) is 4.52. The molecular formula is C14H23N3O. The molecule has 0 radical (unpaired) electrons. The van der Waals surface area contributed by atoms with Gasteiger partial charge in [-0.05, 0) is 44.2 Å². The highest BCUT2D eigenvalue weighted by Gasteiger charge is 2.21. The van der Waals surface area contributed by atoms with Crippen molar-refractivity contribution in [2.75, 3.05) is 23.8 Å². The molecule has 1 saturated carbocycles. The standard InChI is InChI=1S/C14H23N3O/c1-2-15-13-7-4-8-14(17-13)16-12-6-3-5-11(9-12)10-18/h4,7-8,11-12,18H,2-3,5-6,9-10H2,1H3,(H2,15,16,17). The zero-order valence-corrected chi connectivity index (χ0v) is 11.0. The van der Waals surface area contributed by atoms with Gasteiger partial charge < -0.3 is 15.7 Å². The molecule has 0 aromatic carbocycles. The van der Waals surface area contributed by atoms with Gasteiger partial charge in [-0.25, -0.2) is 4.98 Å². The minimum atomic E-state index is 0.309. The van der Waals surface area contributed by atoms with Gasteiger partial charge in [-0.15, -0.1) is 0 Å². The van der Waals surface area contributed by atoms with Gasteiger partial charge >= 0.3 is 0 Å². The number of pyridine rings is 1. The smallest absolute Gasteiger partial charge is 0.128 e. The van der Waals surface area contributed by atoms with Crippen molar-refractivity contribution < 1.29 is 5.11 Å². The minimum absolute atomic E-state index is 0.309. The molecule has 0 spiro atoms. The van der Waals surface area contributed by atoms with Crippen LogP contribution in [0.15, 0.2) is 18.2 Å². The van der Waals surface area contributed by atoms with Gasteiger partial charge in [0.15, 0.2) is 0 Å². The molecule has 2 unspecified atom stereocenters. The van der Waals surface area contributed by atoms with Crippen molar-refractivity contribution in [3.05, 3.63) is 18.2 Å². The highest BCUT2D eigenvalue weighted by Crippen LogP contribution is 2.26. The van der Waals surface area contributed by atoms with E-state index in [-0.39, 0.29) is 0 Å². The van der Waals surface area contributed by atoms with E-state index in [2.05, 4.69) is 22.5 Å². The van der Waals surface area contributed by atoms with Gasteiger partial charge in [0.05, 0.1) is 0 Å². The van der Waals surface area contributed by atoms with Crippen LogP contribution in [0.4, 0.5) is 11.6 Å². The number of aromatic nitrogens is 1. The Labute approximate surface area is 109 Å². The molecule has 1 heterocycles. The van der Waals surface area contributed by atoms with Crippen LogP contribution in [0.3, 0.4) is 0 Å². The summed E-state index contributed by atoms with van der Waals surface area (Å²) in [6.07, 6.45) is 4.56. The molecule has 1 aromatic heterocycles. The zero-order chi connectivity index (χ0) is 12.8. The number of aliphatic hydroxyl groups excluding tert-OH is 1. The Kier molecular flexibility index (Phi) is 4.81. The first-order chi connectivity index (χ1) is 8.81. The fourth-order valence-corrected chi connectivity index (χ4v) is 2.59. The molecule has 1 aromatic rings. The SMILES string of the molecule is CCNc1cccc(NC2CCCC(CO)C2)n1. The fraction of sp³-hybridized carbons (Fsp3) is 0.643. The number of anilines is 2. The zero-order valence-electron chi connectivity index (χ0n) is 11.0. The monoisotopic (exact) mass is 249 g/mol. The van der Waals surface area contributed by atoms with Crippen LogP contribution in [0, 0.1) is 5.92 Å². The first-order valence-electron chi connectivity index (χ1n) is 6.90. The van der Waals surface area contributed by atoms with Gasteiger partial charge in [-0.3, -0.25) is 0 Å². The summed E-state index contributed by atoms with van der Waals surface area (Å²) < 4.78 is 0. The fourth-order valence-electron chi connectivity index (χ4n) is 2.59. The summed E-state index contributed by atoms with van der Waals surface area (Å²) in [5, 5.41) is 15.9. The van der Waals surface area contributed by atoms with Crippen LogP contribution in [0.25, 0.3) is 0 Å². The third-order valence-corrected chi connectivity index (χ3v) is 3.50. The minimum Gasteiger partial charge on any atom is -0.396 e. The van der Waals surface area contributed by atoms with Crippen LogP contribution in [0.2, 0.25) is 0 Å². The lowest BCUT2D eigenvalue weighted by Gasteiger charge is -2.29. The van der Waals surface area contributed by atoms with Crippen LogP contribution < -0.4 is 10.6 Å². The average molecular weight is 249 g/mol. The van der Waals surface area contributed by atoms with E-state index < -0.39 is 0 Å². The number of nitrogens with zero attached hydrogens (tertiary/aromatic N) is 1. The van der Waals surface area contributed by atoms with Crippen LogP contribution in [-0.4, -0.2) is 29.3 Å². The highest BCUT2D eigenvalue weighted by molar-refractivity contribution is 5.45. The van der Waals surface area contributed by atoms with Crippen molar-refractivity contribution in [1.29, 1.82) is 0 Å². The molecule has 1 aliphatic carbocycles.